The van der Waals surface area contributed by atoms with Crippen LogP contribution in [0.3, 0.4) is 0 Å². The van der Waals surface area contributed by atoms with Crippen molar-refractivity contribution in [1.29, 1.82) is 0 Å². The molecule has 0 fully saturated rings. The first-order chi connectivity index (χ1) is 15.0. The molecule has 2 aromatic rings. The SMILES string of the molecule is CC[C@H](C(=O)NC)N(Cc1cccc(C)c1)C(=O)CN(c1cc(C)cc(C)c1)S(C)(=O)=O. The van der Waals surface area contributed by atoms with Crippen LogP contribution in [0.25, 0.3) is 0 Å². The Hall–Kier alpha value is -2.87. The number of likely N-dealkylation sites (N-methyl/N-ethyl adjacent to an activating group) is 1. The number of nitrogens with zero attached hydrogens (tertiary/aromatic N) is 2. The summed E-state index contributed by atoms with van der Waals surface area (Å²) in [6.45, 7) is 7.35. The molecular formula is C24H33N3O4S. The molecule has 0 aliphatic carbocycles. The van der Waals surface area contributed by atoms with Crippen LogP contribution in [-0.2, 0) is 26.2 Å². The van der Waals surface area contributed by atoms with Gasteiger partial charge in [-0.2, -0.15) is 0 Å². The van der Waals surface area contributed by atoms with Gasteiger partial charge in [0.15, 0.2) is 0 Å². The topological polar surface area (TPSA) is 86.8 Å². The lowest BCUT2D eigenvalue weighted by atomic mass is 10.1. The van der Waals surface area contributed by atoms with Crippen molar-refractivity contribution >= 4 is 27.5 Å². The van der Waals surface area contributed by atoms with Crippen LogP contribution in [0.1, 0.15) is 35.6 Å². The molecule has 0 heterocycles. The molecule has 0 saturated heterocycles. The Bertz CT molecular complexity index is 1060. The van der Waals surface area contributed by atoms with Gasteiger partial charge in [-0.25, -0.2) is 8.42 Å². The fourth-order valence-electron chi connectivity index (χ4n) is 3.80. The summed E-state index contributed by atoms with van der Waals surface area (Å²) in [6, 6.07) is 12.4. The van der Waals surface area contributed by atoms with Gasteiger partial charge in [0.2, 0.25) is 21.8 Å². The summed E-state index contributed by atoms with van der Waals surface area (Å²) in [6.07, 6.45) is 1.48. The van der Waals surface area contributed by atoms with Crippen LogP contribution in [0, 0.1) is 20.8 Å². The molecule has 0 bridgehead atoms. The molecule has 2 rings (SSSR count). The van der Waals surface area contributed by atoms with Crippen LogP contribution < -0.4 is 9.62 Å². The maximum absolute atomic E-state index is 13.5. The average molecular weight is 460 g/mol. The van der Waals surface area contributed by atoms with E-state index in [1.54, 1.807) is 12.1 Å². The standard InChI is InChI=1S/C24H33N3O4S/c1-7-22(24(29)25-5)26(15-20-10-8-9-17(2)12-20)23(28)16-27(32(6,30)31)21-13-18(3)11-19(4)14-21/h8-14,22H,7,15-16H2,1-6H3,(H,25,29)/t22-/m1/s1. The third-order valence-corrected chi connectivity index (χ3v) is 6.38. The number of hydrogen-bond acceptors (Lipinski definition) is 4. The number of rotatable bonds is 9. The van der Waals surface area contributed by atoms with Crippen LogP contribution >= 0.6 is 0 Å². The first kappa shape index (κ1) is 25.4. The van der Waals surface area contributed by atoms with Gasteiger partial charge in [-0.05, 0) is 56.0 Å². The molecule has 0 spiro atoms. The summed E-state index contributed by atoms with van der Waals surface area (Å²) in [5, 5.41) is 2.61. The van der Waals surface area contributed by atoms with Crippen molar-refractivity contribution in [2.75, 3.05) is 24.2 Å². The van der Waals surface area contributed by atoms with E-state index in [1.165, 1.54) is 11.9 Å². The van der Waals surface area contributed by atoms with Crippen molar-refractivity contribution in [3.05, 3.63) is 64.7 Å². The monoisotopic (exact) mass is 459 g/mol. The van der Waals surface area contributed by atoms with Gasteiger partial charge in [0.1, 0.15) is 12.6 Å². The minimum Gasteiger partial charge on any atom is -0.357 e. The Kier molecular flexibility index (Phi) is 8.44. The number of carbonyl (C=O) groups excluding carboxylic acids is 2. The van der Waals surface area contributed by atoms with E-state index in [0.717, 1.165) is 32.8 Å². The second kappa shape index (κ2) is 10.6. The quantitative estimate of drug-likeness (QED) is 0.625. The Morgan fingerprint density at radius 1 is 1.00 bits per heavy atom. The lowest BCUT2D eigenvalue weighted by Gasteiger charge is -2.32. The van der Waals surface area contributed by atoms with Crippen molar-refractivity contribution < 1.29 is 18.0 Å². The van der Waals surface area contributed by atoms with E-state index >= 15 is 0 Å². The highest BCUT2D eigenvalue weighted by Gasteiger charge is 2.31. The largest absolute Gasteiger partial charge is 0.357 e. The first-order valence-electron chi connectivity index (χ1n) is 10.6. The Balaban J connectivity index is 2.46. The third-order valence-electron chi connectivity index (χ3n) is 5.24. The number of anilines is 1. The summed E-state index contributed by atoms with van der Waals surface area (Å²) in [4.78, 5) is 27.5. The molecular weight excluding hydrogens is 426 g/mol. The van der Waals surface area contributed by atoms with Gasteiger partial charge in [-0.1, -0.05) is 42.8 Å². The number of aryl methyl sites for hydroxylation is 3. The van der Waals surface area contributed by atoms with Crippen LogP contribution in [0.4, 0.5) is 5.69 Å². The van der Waals surface area contributed by atoms with E-state index in [0.29, 0.717) is 12.1 Å². The highest BCUT2D eigenvalue weighted by molar-refractivity contribution is 7.92. The van der Waals surface area contributed by atoms with E-state index in [4.69, 9.17) is 0 Å². The molecule has 174 valence electrons. The Morgan fingerprint density at radius 3 is 2.12 bits per heavy atom. The minimum absolute atomic E-state index is 0.205. The van der Waals surface area contributed by atoms with E-state index in [9.17, 15) is 18.0 Å². The maximum Gasteiger partial charge on any atom is 0.244 e. The summed E-state index contributed by atoms with van der Waals surface area (Å²) >= 11 is 0. The Morgan fingerprint density at radius 2 is 1.62 bits per heavy atom. The van der Waals surface area contributed by atoms with Gasteiger partial charge < -0.3 is 10.2 Å². The molecule has 0 radical (unpaired) electrons. The Labute approximate surface area is 191 Å². The van der Waals surface area contributed by atoms with Crippen molar-refractivity contribution in [2.45, 2.75) is 46.7 Å². The highest BCUT2D eigenvalue weighted by atomic mass is 32.2. The zero-order chi connectivity index (χ0) is 24.1. The molecule has 32 heavy (non-hydrogen) atoms. The number of nitrogens with one attached hydrogen (secondary N) is 1. The first-order valence-corrected chi connectivity index (χ1v) is 12.4. The average Bonchev–Trinajstić information content (AvgIpc) is 2.69. The fourth-order valence-corrected chi connectivity index (χ4v) is 4.63. The number of benzene rings is 2. The van der Waals surface area contributed by atoms with Gasteiger partial charge in [-0.15, -0.1) is 0 Å². The van der Waals surface area contributed by atoms with E-state index < -0.39 is 22.0 Å². The van der Waals surface area contributed by atoms with Crippen molar-refractivity contribution in [2.24, 2.45) is 0 Å². The maximum atomic E-state index is 13.5. The molecule has 0 saturated carbocycles. The lowest BCUT2D eigenvalue weighted by molar-refractivity contribution is -0.140. The van der Waals surface area contributed by atoms with E-state index in [2.05, 4.69) is 5.32 Å². The van der Waals surface area contributed by atoms with E-state index in [1.807, 2.05) is 58.0 Å². The van der Waals surface area contributed by atoms with Crippen molar-refractivity contribution in [1.82, 2.24) is 10.2 Å². The third kappa shape index (κ3) is 6.56. The molecule has 0 aliphatic rings. The predicted molar refractivity (Wildman–Crippen MR) is 128 cm³/mol. The number of hydrogen-bond donors (Lipinski definition) is 1. The predicted octanol–water partition coefficient (Wildman–Crippen LogP) is 2.93. The molecule has 2 aromatic carbocycles. The second-order valence-electron chi connectivity index (χ2n) is 8.16. The zero-order valence-corrected chi connectivity index (χ0v) is 20.5. The smallest absolute Gasteiger partial charge is 0.244 e. The van der Waals surface area contributed by atoms with Crippen molar-refractivity contribution in [3.63, 3.8) is 0 Å². The van der Waals surface area contributed by atoms with Gasteiger partial charge >= 0.3 is 0 Å². The second-order valence-corrected chi connectivity index (χ2v) is 10.1. The molecule has 8 heteroatoms. The molecule has 2 amide bonds. The number of sulfonamides is 1. The molecule has 7 nitrogen and oxygen atoms in total. The zero-order valence-electron chi connectivity index (χ0n) is 19.7. The summed E-state index contributed by atoms with van der Waals surface area (Å²) in [5.41, 5.74) is 4.14. The van der Waals surface area contributed by atoms with E-state index in [-0.39, 0.29) is 19.0 Å². The molecule has 0 aliphatic heterocycles. The summed E-state index contributed by atoms with van der Waals surface area (Å²) < 4.78 is 26.3. The highest BCUT2D eigenvalue weighted by Crippen LogP contribution is 2.22. The van der Waals surface area contributed by atoms with Gasteiger partial charge in [0, 0.05) is 13.6 Å². The fraction of sp³-hybridized carbons (Fsp3) is 0.417. The van der Waals surface area contributed by atoms with Gasteiger partial charge in [0.05, 0.1) is 11.9 Å². The van der Waals surface area contributed by atoms with Crippen molar-refractivity contribution in [3.8, 4) is 0 Å². The molecule has 1 N–H and O–H groups in total. The minimum atomic E-state index is -3.73. The number of carbonyl (C=O) groups is 2. The van der Waals surface area contributed by atoms with Gasteiger partial charge in [0.25, 0.3) is 0 Å². The molecule has 1 atom stereocenters. The molecule has 0 aromatic heterocycles. The van der Waals surface area contributed by atoms with Crippen LogP contribution in [-0.4, -0.2) is 51.0 Å². The summed E-state index contributed by atoms with van der Waals surface area (Å²) in [7, 11) is -2.21. The van der Waals surface area contributed by atoms with Crippen LogP contribution in [0.2, 0.25) is 0 Å². The van der Waals surface area contributed by atoms with Crippen LogP contribution in [0.15, 0.2) is 42.5 Å². The summed E-state index contributed by atoms with van der Waals surface area (Å²) in [5.74, 6) is -0.725. The number of amides is 2. The molecule has 0 unspecified atom stereocenters. The normalized spacial score (nSPS) is 12.2. The van der Waals surface area contributed by atoms with Gasteiger partial charge in [-0.3, -0.25) is 13.9 Å². The lowest BCUT2D eigenvalue weighted by Crippen LogP contribution is -2.51. The van der Waals surface area contributed by atoms with Crippen LogP contribution in [0.5, 0.6) is 0 Å².